The summed E-state index contributed by atoms with van der Waals surface area (Å²) in [6.07, 6.45) is -1.17. The van der Waals surface area contributed by atoms with Gasteiger partial charge in [0.15, 0.2) is 0 Å². The van der Waals surface area contributed by atoms with E-state index in [-0.39, 0.29) is 13.1 Å². The Balaban J connectivity index is 1.98. The molecule has 1 fully saturated rings. The van der Waals surface area contributed by atoms with Crippen molar-refractivity contribution in [1.29, 1.82) is 0 Å². The number of hydrogen-bond donors (Lipinski definition) is 0. The summed E-state index contributed by atoms with van der Waals surface area (Å²) in [6, 6.07) is 0. The van der Waals surface area contributed by atoms with Crippen molar-refractivity contribution < 1.29 is 13.2 Å². The molecule has 0 saturated carbocycles. The van der Waals surface area contributed by atoms with E-state index in [1.807, 2.05) is 0 Å². The topological polar surface area (TPSA) is 29.0 Å². The van der Waals surface area contributed by atoms with E-state index in [9.17, 15) is 13.2 Å². The van der Waals surface area contributed by atoms with Gasteiger partial charge in [-0.1, -0.05) is 0 Å². The summed E-state index contributed by atoms with van der Waals surface area (Å²) in [4.78, 5) is 9.42. The van der Waals surface area contributed by atoms with E-state index >= 15 is 0 Å². The van der Waals surface area contributed by atoms with Crippen molar-refractivity contribution >= 4 is 21.7 Å². The summed E-state index contributed by atoms with van der Waals surface area (Å²) < 4.78 is 37.1. The molecule has 2 rings (SSSR count). The molecule has 1 aromatic heterocycles. The highest BCUT2D eigenvalue weighted by atomic mass is 79.9. The van der Waals surface area contributed by atoms with Gasteiger partial charge in [-0.2, -0.15) is 13.2 Å². The van der Waals surface area contributed by atoms with Gasteiger partial charge in [-0.15, -0.1) is 0 Å². The second-order valence-corrected chi connectivity index (χ2v) is 4.15. The van der Waals surface area contributed by atoms with E-state index in [2.05, 4.69) is 25.9 Å². The van der Waals surface area contributed by atoms with Gasteiger partial charge in [-0.05, 0) is 15.9 Å². The van der Waals surface area contributed by atoms with Gasteiger partial charge in [0, 0.05) is 13.1 Å². The minimum Gasteiger partial charge on any atom is -0.354 e. The first-order valence-corrected chi connectivity index (χ1v) is 5.05. The van der Waals surface area contributed by atoms with Crippen molar-refractivity contribution in [2.75, 3.05) is 18.0 Å². The van der Waals surface area contributed by atoms with Gasteiger partial charge in [0.2, 0.25) is 0 Å². The Morgan fingerprint density at radius 1 is 1.27 bits per heavy atom. The maximum absolute atomic E-state index is 12.2. The van der Waals surface area contributed by atoms with E-state index in [0.29, 0.717) is 10.4 Å². The molecule has 15 heavy (non-hydrogen) atoms. The molecule has 3 nitrogen and oxygen atoms in total. The molecule has 0 bridgehead atoms. The zero-order valence-electron chi connectivity index (χ0n) is 7.50. The summed E-state index contributed by atoms with van der Waals surface area (Å²) in [6.45, 7) is -0.0559. The summed E-state index contributed by atoms with van der Waals surface area (Å²) >= 11 is 3.11. The Labute approximate surface area is 92.4 Å². The summed E-state index contributed by atoms with van der Waals surface area (Å²) in [5.41, 5.74) is 0. The lowest BCUT2D eigenvalue weighted by molar-refractivity contribution is -0.180. The first-order valence-electron chi connectivity index (χ1n) is 4.26. The minimum atomic E-state index is -4.10. The molecule has 0 atom stereocenters. The Morgan fingerprint density at radius 3 is 2.40 bits per heavy atom. The third-order valence-corrected chi connectivity index (χ3v) is 2.68. The Hall–Kier alpha value is -0.850. The predicted octanol–water partition coefficient (Wildman–Crippen LogP) is 2.24. The highest BCUT2D eigenvalue weighted by molar-refractivity contribution is 9.10. The third kappa shape index (κ3) is 2.22. The van der Waals surface area contributed by atoms with Crippen LogP contribution in [-0.2, 0) is 0 Å². The number of rotatable bonds is 1. The zero-order valence-corrected chi connectivity index (χ0v) is 9.09. The Bertz CT molecular complexity index is 345. The van der Waals surface area contributed by atoms with Gasteiger partial charge in [0.05, 0.1) is 18.3 Å². The molecule has 0 aromatic carbocycles. The highest BCUT2D eigenvalue weighted by Gasteiger charge is 2.47. The van der Waals surface area contributed by atoms with Crippen molar-refractivity contribution in [2.24, 2.45) is 5.92 Å². The van der Waals surface area contributed by atoms with Crippen LogP contribution in [0.1, 0.15) is 0 Å². The number of hydrogen-bond acceptors (Lipinski definition) is 3. The maximum Gasteiger partial charge on any atom is 0.395 e. The molecule has 1 saturated heterocycles. The van der Waals surface area contributed by atoms with Gasteiger partial charge in [0.1, 0.15) is 10.4 Å². The quantitative estimate of drug-likeness (QED) is 0.791. The van der Waals surface area contributed by atoms with E-state index < -0.39 is 12.1 Å². The molecular formula is C8H7BrF3N3. The van der Waals surface area contributed by atoms with Crippen molar-refractivity contribution in [2.45, 2.75) is 6.18 Å². The normalized spacial score (nSPS) is 17.7. The molecule has 0 amide bonds. The van der Waals surface area contributed by atoms with Crippen molar-refractivity contribution in [1.82, 2.24) is 9.97 Å². The minimum absolute atomic E-state index is 0.0280. The lowest BCUT2D eigenvalue weighted by atomic mass is 10.00. The van der Waals surface area contributed by atoms with Crippen LogP contribution in [0.15, 0.2) is 17.0 Å². The van der Waals surface area contributed by atoms with Crippen molar-refractivity contribution in [3.05, 3.63) is 17.0 Å². The van der Waals surface area contributed by atoms with Crippen LogP contribution in [0, 0.1) is 5.92 Å². The number of aromatic nitrogens is 2. The van der Waals surface area contributed by atoms with Crippen LogP contribution in [0.4, 0.5) is 19.0 Å². The van der Waals surface area contributed by atoms with Crippen LogP contribution < -0.4 is 4.90 Å². The monoisotopic (exact) mass is 281 g/mol. The molecule has 0 N–H and O–H groups in total. The smallest absolute Gasteiger partial charge is 0.354 e. The molecule has 0 spiro atoms. The van der Waals surface area contributed by atoms with E-state index in [1.54, 1.807) is 4.90 Å². The zero-order chi connectivity index (χ0) is 11.1. The SMILES string of the molecule is FC(F)(F)C1CN(c2cnc(Br)cn2)C1. The number of nitrogens with zero attached hydrogens (tertiary/aromatic N) is 3. The fourth-order valence-corrected chi connectivity index (χ4v) is 1.55. The lowest BCUT2D eigenvalue weighted by Crippen LogP contribution is -2.53. The number of alkyl halides is 3. The molecule has 1 aromatic rings. The van der Waals surface area contributed by atoms with Crippen LogP contribution in [0.5, 0.6) is 0 Å². The molecule has 0 radical (unpaired) electrons. The average molecular weight is 282 g/mol. The predicted molar refractivity (Wildman–Crippen MR) is 51.5 cm³/mol. The molecule has 82 valence electrons. The highest BCUT2D eigenvalue weighted by Crippen LogP contribution is 2.35. The molecule has 1 aliphatic heterocycles. The van der Waals surface area contributed by atoms with E-state index in [4.69, 9.17) is 0 Å². The van der Waals surface area contributed by atoms with Crippen LogP contribution in [-0.4, -0.2) is 29.2 Å². The second-order valence-electron chi connectivity index (χ2n) is 3.34. The molecular weight excluding hydrogens is 275 g/mol. The van der Waals surface area contributed by atoms with E-state index in [1.165, 1.54) is 12.4 Å². The van der Waals surface area contributed by atoms with Gasteiger partial charge in [-0.3, -0.25) is 0 Å². The van der Waals surface area contributed by atoms with Crippen LogP contribution in [0.3, 0.4) is 0 Å². The standard InChI is InChI=1S/C8H7BrF3N3/c9-6-1-14-7(2-13-6)15-3-5(4-15)8(10,11)12/h1-2,5H,3-4H2. The molecule has 7 heteroatoms. The third-order valence-electron chi connectivity index (χ3n) is 2.28. The first kappa shape index (κ1) is 10.7. The van der Waals surface area contributed by atoms with Crippen LogP contribution in [0.25, 0.3) is 0 Å². The molecule has 0 aliphatic carbocycles. The van der Waals surface area contributed by atoms with Crippen molar-refractivity contribution in [3.63, 3.8) is 0 Å². The van der Waals surface area contributed by atoms with Crippen molar-refractivity contribution in [3.8, 4) is 0 Å². The van der Waals surface area contributed by atoms with Gasteiger partial charge in [-0.25, -0.2) is 9.97 Å². The van der Waals surface area contributed by atoms with Gasteiger partial charge >= 0.3 is 6.18 Å². The van der Waals surface area contributed by atoms with Crippen LogP contribution in [0.2, 0.25) is 0 Å². The van der Waals surface area contributed by atoms with Gasteiger partial charge in [0.25, 0.3) is 0 Å². The lowest BCUT2D eigenvalue weighted by Gasteiger charge is -2.40. The largest absolute Gasteiger partial charge is 0.395 e. The Kier molecular flexibility index (Phi) is 2.57. The average Bonchev–Trinajstić information content (AvgIpc) is 2.03. The molecule has 0 unspecified atom stereocenters. The van der Waals surface area contributed by atoms with Gasteiger partial charge < -0.3 is 4.90 Å². The maximum atomic E-state index is 12.2. The number of anilines is 1. The summed E-state index contributed by atoms with van der Waals surface area (Å²) in [5, 5.41) is 0. The Morgan fingerprint density at radius 2 is 1.93 bits per heavy atom. The second kappa shape index (κ2) is 3.62. The molecule has 2 heterocycles. The summed E-state index contributed by atoms with van der Waals surface area (Å²) in [5.74, 6) is -0.748. The fraction of sp³-hybridized carbons (Fsp3) is 0.500. The first-order chi connectivity index (χ1) is 6.97. The number of halogens is 4. The summed E-state index contributed by atoms with van der Waals surface area (Å²) in [7, 11) is 0. The molecule has 1 aliphatic rings. The van der Waals surface area contributed by atoms with Crippen LogP contribution >= 0.6 is 15.9 Å². The fourth-order valence-electron chi connectivity index (χ4n) is 1.34. The van der Waals surface area contributed by atoms with E-state index in [0.717, 1.165) is 0 Å².